The minimum atomic E-state index is -0.401. The van der Waals surface area contributed by atoms with E-state index in [0.717, 1.165) is 5.56 Å². The highest BCUT2D eigenvalue weighted by Gasteiger charge is 2.12. The van der Waals surface area contributed by atoms with Gasteiger partial charge in [0.15, 0.2) is 0 Å². The van der Waals surface area contributed by atoms with E-state index in [0.29, 0.717) is 12.3 Å². The Hall–Kier alpha value is -1.80. The highest BCUT2D eigenvalue weighted by Crippen LogP contribution is 2.18. The molecular formula is C13H17N3O. The van der Waals surface area contributed by atoms with Crippen LogP contribution in [-0.4, -0.2) is 5.91 Å². The first-order valence-electron chi connectivity index (χ1n) is 5.72. The Bertz CT molecular complexity index is 448. The molecule has 1 aromatic rings. The van der Waals surface area contributed by atoms with E-state index < -0.39 is 5.91 Å². The van der Waals surface area contributed by atoms with Crippen molar-refractivity contribution in [2.45, 2.75) is 33.1 Å². The molecule has 0 radical (unpaired) electrons. The standard InChI is InChI=1S/C13H17N3O/c1-9(2)12-6-4-5-11(8-12)7-10(3)13(17)15-16-14/h4-6,8-10H,7H2,1-3H3. The minimum Gasteiger partial charge on any atom is -0.292 e. The third-order valence-corrected chi connectivity index (χ3v) is 2.72. The Morgan fingerprint density at radius 1 is 1.41 bits per heavy atom. The Balaban J connectivity index is 2.78. The van der Waals surface area contributed by atoms with Gasteiger partial charge in [-0.2, -0.15) is 0 Å². The third-order valence-electron chi connectivity index (χ3n) is 2.72. The fraction of sp³-hybridized carbons (Fsp3) is 0.462. The van der Waals surface area contributed by atoms with Crippen LogP contribution in [0.5, 0.6) is 0 Å². The van der Waals surface area contributed by atoms with Gasteiger partial charge in [-0.3, -0.25) is 4.79 Å². The highest BCUT2D eigenvalue weighted by atomic mass is 16.1. The van der Waals surface area contributed by atoms with E-state index in [2.05, 4.69) is 36.0 Å². The van der Waals surface area contributed by atoms with Crippen molar-refractivity contribution in [3.63, 3.8) is 0 Å². The van der Waals surface area contributed by atoms with Gasteiger partial charge in [-0.25, -0.2) is 0 Å². The summed E-state index contributed by atoms with van der Waals surface area (Å²) in [6.45, 7) is 6.04. The van der Waals surface area contributed by atoms with Crippen LogP contribution in [0.25, 0.3) is 10.4 Å². The van der Waals surface area contributed by atoms with Crippen molar-refractivity contribution in [1.82, 2.24) is 0 Å². The molecule has 1 atom stereocenters. The second-order valence-corrected chi connectivity index (χ2v) is 4.53. The molecule has 0 N–H and O–H groups in total. The van der Waals surface area contributed by atoms with E-state index in [1.807, 2.05) is 12.1 Å². The van der Waals surface area contributed by atoms with Crippen LogP contribution in [-0.2, 0) is 11.2 Å². The Labute approximate surface area is 101 Å². The zero-order chi connectivity index (χ0) is 12.8. The summed E-state index contributed by atoms with van der Waals surface area (Å²) >= 11 is 0. The van der Waals surface area contributed by atoms with E-state index >= 15 is 0 Å². The fourth-order valence-electron chi connectivity index (χ4n) is 1.66. The van der Waals surface area contributed by atoms with Crippen molar-refractivity contribution >= 4 is 5.91 Å². The summed E-state index contributed by atoms with van der Waals surface area (Å²) in [5.41, 5.74) is 10.6. The van der Waals surface area contributed by atoms with Crippen molar-refractivity contribution in [1.29, 1.82) is 0 Å². The first-order valence-corrected chi connectivity index (χ1v) is 5.72. The predicted octanol–water partition coefficient (Wildman–Crippen LogP) is 3.83. The number of hydrogen-bond donors (Lipinski definition) is 0. The smallest absolute Gasteiger partial charge is 0.222 e. The Morgan fingerprint density at radius 3 is 2.71 bits per heavy atom. The zero-order valence-corrected chi connectivity index (χ0v) is 10.4. The summed E-state index contributed by atoms with van der Waals surface area (Å²) in [5.74, 6) is -0.200. The molecular weight excluding hydrogens is 214 g/mol. The molecule has 0 aromatic heterocycles. The molecule has 90 valence electrons. The SMILES string of the molecule is CC(Cc1cccc(C(C)C)c1)C(=O)N=[N+]=[N-]. The molecule has 0 spiro atoms. The van der Waals surface area contributed by atoms with Gasteiger partial charge in [-0.15, -0.1) is 0 Å². The van der Waals surface area contributed by atoms with E-state index in [9.17, 15) is 4.79 Å². The van der Waals surface area contributed by atoms with Gasteiger partial charge in [0, 0.05) is 10.8 Å². The number of hydrogen-bond acceptors (Lipinski definition) is 1. The molecule has 17 heavy (non-hydrogen) atoms. The molecule has 0 saturated heterocycles. The topological polar surface area (TPSA) is 65.8 Å². The number of nitrogens with zero attached hydrogens (tertiary/aromatic N) is 3. The maximum absolute atomic E-state index is 11.3. The summed E-state index contributed by atoms with van der Waals surface area (Å²) in [7, 11) is 0. The Kier molecular flexibility index (Phi) is 4.73. The summed E-state index contributed by atoms with van der Waals surface area (Å²) in [6.07, 6.45) is 0.610. The summed E-state index contributed by atoms with van der Waals surface area (Å²) < 4.78 is 0. The quantitative estimate of drug-likeness (QED) is 0.441. The summed E-state index contributed by atoms with van der Waals surface area (Å²) in [5, 5.41) is 3.12. The molecule has 0 fully saturated rings. The maximum atomic E-state index is 11.3. The molecule has 4 nitrogen and oxygen atoms in total. The number of amides is 1. The van der Waals surface area contributed by atoms with E-state index in [-0.39, 0.29) is 5.92 Å². The summed E-state index contributed by atoms with van der Waals surface area (Å²) in [4.78, 5) is 13.9. The number of benzene rings is 1. The van der Waals surface area contributed by atoms with Gasteiger partial charge in [-0.1, -0.05) is 45.0 Å². The van der Waals surface area contributed by atoms with Crippen LogP contribution in [0.15, 0.2) is 29.4 Å². The molecule has 1 aromatic carbocycles. The van der Waals surface area contributed by atoms with Crippen LogP contribution in [0.3, 0.4) is 0 Å². The molecule has 0 heterocycles. The lowest BCUT2D eigenvalue weighted by Crippen LogP contribution is -2.10. The van der Waals surface area contributed by atoms with E-state index in [4.69, 9.17) is 5.53 Å². The van der Waals surface area contributed by atoms with Gasteiger partial charge in [0.25, 0.3) is 0 Å². The monoisotopic (exact) mass is 231 g/mol. The molecule has 4 heteroatoms. The molecule has 1 amide bonds. The lowest BCUT2D eigenvalue weighted by molar-refractivity contribution is -0.121. The molecule has 0 aliphatic heterocycles. The van der Waals surface area contributed by atoms with Crippen molar-refractivity contribution in [3.05, 3.63) is 45.8 Å². The van der Waals surface area contributed by atoms with Crippen LogP contribution in [0, 0.1) is 5.92 Å². The highest BCUT2D eigenvalue weighted by molar-refractivity contribution is 5.79. The van der Waals surface area contributed by atoms with Crippen LogP contribution in [0.4, 0.5) is 0 Å². The normalized spacial score (nSPS) is 12.0. The zero-order valence-electron chi connectivity index (χ0n) is 10.4. The van der Waals surface area contributed by atoms with Crippen molar-refractivity contribution in [3.8, 4) is 0 Å². The fourth-order valence-corrected chi connectivity index (χ4v) is 1.66. The minimum absolute atomic E-state index is 0.270. The van der Waals surface area contributed by atoms with Gasteiger partial charge in [0.05, 0.1) is 0 Å². The van der Waals surface area contributed by atoms with E-state index in [1.54, 1.807) is 6.92 Å². The van der Waals surface area contributed by atoms with Gasteiger partial charge in [0.1, 0.15) is 0 Å². The van der Waals surface area contributed by atoms with E-state index in [1.165, 1.54) is 5.56 Å². The number of carbonyl (C=O) groups excluding carboxylic acids is 1. The van der Waals surface area contributed by atoms with Crippen molar-refractivity contribution in [2.75, 3.05) is 0 Å². The van der Waals surface area contributed by atoms with Gasteiger partial charge in [-0.05, 0) is 34.1 Å². The van der Waals surface area contributed by atoms with Crippen molar-refractivity contribution in [2.24, 2.45) is 11.0 Å². The average molecular weight is 231 g/mol. The molecule has 1 rings (SSSR count). The first-order chi connectivity index (χ1) is 8.04. The number of azide groups is 1. The second kappa shape index (κ2) is 6.06. The summed E-state index contributed by atoms with van der Waals surface area (Å²) in [6, 6.07) is 8.17. The molecule has 1 unspecified atom stereocenters. The van der Waals surface area contributed by atoms with Crippen LogP contribution < -0.4 is 0 Å². The maximum Gasteiger partial charge on any atom is 0.222 e. The van der Waals surface area contributed by atoms with Crippen LogP contribution >= 0.6 is 0 Å². The molecule has 0 bridgehead atoms. The predicted molar refractivity (Wildman–Crippen MR) is 67.6 cm³/mol. The number of carbonyl (C=O) groups is 1. The van der Waals surface area contributed by atoms with Gasteiger partial charge < -0.3 is 0 Å². The van der Waals surface area contributed by atoms with Crippen LogP contribution in [0.1, 0.15) is 37.8 Å². The van der Waals surface area contributed by atoms with Crippen molar-refractivity contribution < 1.29 is 4.79 Å². The molecule has 0 aliphatic rings. The lowest BCUT2D eigenvalue weighted by atomic mass is 9.95. The average Bonchev–Trinajstić information content (AvgIpc) is 2.29. The third kappa shape index (κ3) is 3.93. The Morgan fingerprint density at radius 2 is 2.12 bits per heavy atom. The first kappa shape index (κ1) is 13.3. The van der Waals surface area contributed by atoms with Gasteiger partial charge >= 0.3 is 0 Å². The molecule has 0 aliphatic carbocycles. The van der Waals surface area contributed by atoms with Crippen LogP contribution in [0.2, 0.25) is 0 Å². The lowest BCUT2D eigenvalue weighted by Gasteiger charge is -2.10. The second-order valence-electron chi connectivity index (χ2n) is 4.53. The largest absolute Gasteiger partial charge is 0.292 e. The van der Waals surface area contributed by atoms with Gasteiger partial charge in [0.2, 0.25) is 5.91 Å². The number of rotatable bonds is 4. The molecule has 0 saturated carbocycles.